The summed E-state index contributed by atoms with van der Waals surface area (Å²) >= 11 is 5.93. The van der Waals surface area contributed by atoms with Gasteiger partial charge in [-0.2, -0.15) is 0 Å². The second-order valence-corrected chi connectivity index (χ2v) is 5.66. The lowest BCUT2D eigenvalue weighted by molar-refractivity contribution is -0.117. The molecule has 0 unspecified atom stereocenters. The number of ether oxygens (including phenoxy) is 2. The minimum Gasteiger partial charge on any atom is -0.497 e. The van der Waals surface area contributed by atoms with Gasteiger partial charge in [-0.25, -0.2) is 0 Å². The number of carbonyl (C=O) groups is 1. The van der Waals surface area contributed by atoms with E-state index in [0.29, 0.717) is 16.5 Å². The lowest BCUT2D eigenvalue weighted by Crippen LogP contribution is -2.25. The van der Waals surface area contributed by atoms with E-state index in [2.05, 4.69) is 5.32 Å². The zero-order valence-electron chi connectivity index (χ0n) is 13.9. The van der Waals surface area contributed by atoms with Crippen LogP contribution in [0.1, 0.15) is 24.1 Å². The third-order valence-corrected chi connectivity index (χ3v) is 3.77. The van der Waals surface area contributed by atoms with E-state index in [1.54, 1.807) is 32.4 Å². The standard InChI is InChI=1S/C19H20ClNO3/c1-13(17-12-16(23-2)8-9-18(17)24-3)21-19(22)10-7-14-5-4-6-15(20)11-14/h4-13H,1-3H3,(H,21,22)/b10-7+/t13-/m1/s1. The monoisotopic (exact) mass is 345 g/mol. The third kappa shape index (κ3) is 4.77. The molecule has 24 heavy (non-hydrogen) atoms. The molecule has 0 saturated heterocycles. The molecule has 1 amide bonds. The molecule has 4 nitrogen and oxygen atoms in total. The molecule has 0 heterocycles. The van der Waals surface area contributed by atoms with Crippen molar-refractivity contribution in [3.8, 4) is 11.5 Å². The van der Waals surface area contributed by atoms with Crippen LogP contribution in [0.25, 0.3) is 6.08 Å². The van der Waals surface area contributed by atoms with Gasteiger partial charge in [0, 0.05) is 16.7 Å². The van der Waals surface area contributed by atoms with Gasteiger partial charge in [0.05, 0.1) is 20.3 Å². The normalized spacial score (nSPS) is 12.0. The minimum atomic E-state index is -0.230. The van der Waals surface area contributed by atoms with E-state index in [-0.39, 0.29) is 11.9 Å². The molecule has 0 saturated carbocycles. The van der Waals surface area contributed by atoms with Gasteiger partial charge in [0.25, 0.3) is 0 Å². The summed E-state index contributed by atoms with van der Waals surface area (Å²) in [5.41, 5.74) is 1.71. The average molecular weight is 346 g/mol. The second-order valence-electron chi connectivity index (χ2n) is 5.23. The Kier molecular flexibility index (Phi) is 6.27. The Bertz CT molecular complexity index is 743. The van der Waals surface area contributed by atoms with E-state index in [9.17, 15) is 4.79 Å². The first kappa shape index (κ1) is 17.9. The van der Waals surface area contributed by atoms with Crippen molar-refractivity contribution in [2.75, 3.05) is 14.2 Å². The van der Waals surface area contributed by atoms with E-state index in [1.807, 2.05) is 37.3 Å². The van der Waals surface area contributed by atoms with Crippen molar-refractivity contribution in [1.82, 2.24) is 5.32 Å². The Labute approximate surface area is 147 Å². The quantitative estimate of drug-likeness (QED) is 0.796. The maximum absolute atomic E-state index is 12.1. The van der Waals surface area contributed by atoms with E-state index >= 15 is 0 Å². The lowest BCUT2D eigenvalue weighted by atomic mass is 10.1. The van der Waals surface area contributed by atoms with Crippen molar-refractivity contribution in [2.45, 2.75) is 13.0 Å². The van der Waals surface area contributed by atoms with Crippen molar-refractivity contribution in [3.63, 3.8) is 0 Å². The maximum atomic E-state index is 12.1. The topological polar surface area (TPSA) is 47.6 Å². The largest absolute Gasteiger partial charge is 0.497 e. The highest BCUT2D eigenvalue weighted by molar-refractivity contribution is 6.30. The van der Waals surface area contributed by atoms with Gasteiger partial charge in [0.1, 0.15) is 11.5 Å². The summed E-state index contributed by atoms with van der Waals surface area (Å²) in [5.74, 6) is 1.20. The van der Waals surface area contributed by atoms with Crippen LogP contribution in [0.5, 0.6) is 11.5 Å². The van der Waals surface area contributed by atoms with Gasteiger partial charge >= 0.3 is 0 Å². The van der Waals surface area contributed by atoms with Crippen LogP contribution in [0.2, 0.25) is 5.02 Å². The van der Waals surface area contributed by atoms with Gasteiger partial charge in [0.2, 0.25) is 5.91 Å². The van der Waals surface area contributed by atoms with Gasteiger partial charge in [0.15, 0.2) is 0 Å². The van der Waals surface area contributed by atoms with Crippen LogP contribution in [0, 0.1) is 0 Å². The molecule has 5 heteroatoms. The highest BCUT2D eigenvalue weighted by atomic mass is 35.5. The van der Waals surface area contributed by atoms with Crippen molar-refractivity contribution in [1.29, 1.82) is 0 Å². The van der Waals surface area contributed by atoms with Crippen LogP contribution in [-0.2, 0) is 4.79 Å². The van der Waals surface area contributed by atoms with Gasteiger partial charge in [-0.05, 0) is 48.9 Å². The van der Waals surface area contributed by atoms with Crippen molar-refractivity contribution >= 4 is 23.6 Å². The van der Waals surface area contributed by atoms with Crippen molar-refractivity contribution < 1.29 is 14.3 Å². The number of methoxy groups -OCH3 is 2. The number of amides is 1. The molecule has 0 aliphatic rings. The Hall–Kier alpha value is -2.46. The first-order valence-corrected chi connectivity index (χ1v) is 7.87. The highest BCUT2D eigenvalue weighted by Crippen LogP contribution is 2.29. The first-order chi connectivity index (χ1) is 11.5. The number of hydrogen-bond acceptors (Lipinski definition) is 3. The minimum absolute atomic E-state index is 0.202. The van der Waals surface area contributed by atoms with Crippen LogP contribution in [-0.4, -0.2) is 20.1 Å². The predicted octanol–water partition coefficient (Wildman–Crippen LogP) is 4.25. The predicted molar refractivity (Wildman–Crippen MR) is 96.6 cm³/mol. The molecular weight excluding hydrogens is 326 g/mol. The van der Waals surface area contributed by atoms with Gasteiger partial charge in [-0.15, -0.1) is 0 Å². The SMILES string of the molecule is COc1ccc(OC)c([C@@H](C)NC(=O)/C=C/c2cccc(Cl)c2)c1. The lowest BCUT2D eigenvalue weighted by Gasteiger charge is -2.17. The summed E-state index contributed by atoms with van der Waals surface area (Å²) in [7, 11) is 3.20. The number of rotatable bonds is 6. The van der Waals surface area contributed by atoms with Crippen molar-refractivity contribution in [2.24, 2.45) is 0 Å². The van der Waals surface area contributed by atoms with Crippen molar-refractivity contribution in [3.05, 3.63) is 64.7 Å². The summed E-state index contributed by atoms with van der Waals surface area (Å²) in [6, 6.07) is 12.6. The van der Waals surface area contributed by atoms with Crippen LogP contribution < -0.4 is 14.8 Å². The zero-order valence-corrected chi connectivity index (χ0v) is 14.6. The first-order valence-electron chi connectivity index (χ1n) is 7.49. The molecule has 126 valence electrons. The fraction of sp³-hybridized carbons (Fsp3) is 0.211. The number of hydrogen-bond donors (Lipinski definition) is 1. The molecule has 0 fully saturated rings. The number of carbonyl (C=O) groups excluding carboxylic acids is 1. The molecule has 1 atom stereocenters. The molecule has 0 bridgehead atoms. The van der Waals surface area contributed by atoms with Crippen LogP contribution in [0.4, 0.5) is 0 Å². The van der Waals surface area contributed by atoms with Gasteiger partial charge < -0.3 is 14.8 Å². The number of benzene rings is 2. The smallest absolute Gasteiger partial charge is 0.244 e. The summed E-state index contributed by atoms with van der Waals surface area (Å²) < 4.78 is 10.6. The highest BCUT2D eigenvalue weighted by Gasteiger charge is 2.14. The van der Waals surface area contributed by atoms with Crippen LogP contribution >= 0.6 is 11.6 Å². The van der Waals surface area contributed by atoms with E-state index in [0.717, 1.165) is 11.1 Å². The Balaban J connectivity index is 2.08. The third-order valence-electron chi connectivity index (χ3n) is 3.54. The fourth-order valence-electron chi connectivity index (χ4n) is 2.30. The fourth-order valence-corrected chi connectivity index (χ4v) is 2.50. The van der Waals surface area contributed by atoms with E-state index in [4.69, 9.17) is 21.1 Å². The van der Waals surface area contributed by atoms with E-state index in [1.165, 1.54) is 6.08 Å². The molecule has 0 spiro atoms. The molecule has 0 aromatic heterocycles. The number of nitrogens with one attached hydrogen (secondary N) is 1. The molecule has 0 aliphatic heterocycles. The molecule has 2 rings (SSSR count). The molecule has 1 N–H and O–H groups in total. The molecule has 2 aromatic carbocycles. The second kappa shape index (κ2) is 8.41. The summed E-state index contributed by atoms with van der Waals surface area (Å²) in [5, 5.41) is 3.54. The van der Waals surface area contributed by atoms with Crippen LogP contribution in [0.3, 0.4) is 0 Å². The number of halogens is 1. The van der Waals surface area contributed by atoms with E-state index < -0.39 is 0 Å². The van der Waals surface area contributed by atoms with Crippen LogP contribution in [0.15, 0.2) is 48.5 Å². The van der Waals surface area contributed by atoms with Gasteiger partial charge in [-0.3, -0.25) is 4.79 Å². The summed E-state index contributed by atoms with van der Waals surface area (Å²) in [6.45, 7) is 1.89. The molecule has 0 radical (unpaired) electrons. The molecular formula is C19H20ClNO3. The summed E-state index contributed by atoms with van der Waals surface area (Å²) in [6.07, 6.45) is 3.20. The zero-order chi connectivity index (χ0) is 17.5. The molecule has 2 aromatic rings. The average Bonchev–Trinajstić information content (AvgIpc) is 2.59. The van der Waals surface area contributed by atoms with Gasteiger partial charge in [-0.1, -0.05) is 23.7 Å². The Morgan fingerprint density at radius 3 is 2.62 bits per heavy atom. The molecule has 0 aliphatic carbocycles. The Morgan fingerprint density at radius 2 is 1.96 bits per heavy atom. The summed E-state index contributed by atoms with van der Waals surface area (Å²) in [4.78, 5) is 12.1. The maximum Gasteiger partial charge on any atom is 0.244 e. The Morgan fingerprint density at radius 1 is 1.17 bits per heavy atom.